The number of anilines is 2. The highest BCUT2D eigenvalue weighted by atomic mass is 16.2. The zero-order valence-electron chi connectivity index (χ0n) is 14.7. The smallest absolute Gasteiger partial charge is 0.258 e. The molecule has 0 fully saturated rings. The van der Waals surface area contributed by atoms with Gasteiger partial charge < -0.3 is 10.6 Å². The van der Waals surface area contributed by atoms with Crippen molar-refractivity contribution in [1.82, 2.24) is 19.7 Å². The van der Waals surface area contributed by atoms with Gasteiger partial charge in [0.1, 0.15) is 0 Å². The maximum Gasteiger partial charge on any atom is 0.258 e. The van der Waals surface area contributed by atoms with Gasteiger partial charge in [0.25, 0.3) is 5.91 Å². The van der Waals surface area contributed by atoms with Crippen LogP contribution < -0.4 is 10.6 Å². The van der Waals surface area contributed by atoms with E-state index in [9.17, 15) is 4.79 Å². The molecule has 0 bridgehead atoms. The molecule has 3 aromatic rings. The van der Waals surface area contributed by atoms with Gasteiger partial charge in [0.2, 0.25) is 0 Å². The second kappa shape index (κ2) is 6.11. The summed E-state index contributed by atoms with van der Waals surface area (Å²) in [5.41, 5.74) is 6.37. The van der Waals surface area contributed by atoms with Crippen LogP contribution in [-0.2, 0) is 11.8 Å². The third kappa shape index (κ3) is 2.73. The lowest BCUT2D eigenvalue weighted by molar-refractivity contribution is -0.110. The Hall–Kier alpha value is -3.48. The number of rotatable bonds is 3. The Kier molecular flexibility index (Phi) is 3.76. The van der Waals surface area contributed by atoms with Crippen LogP contribution in [0.3, 0.4) is 0 Å². The number of fused-ring (bicyclic) bond motifs is 1. The predicted molar refractivity (Wildman–Crippen MR) is 100 cm³/mol. The molecule has 7 heteroatoms. The van der Waals surface area contributed by atoms with E-state index in [1.807, 2.05) is 45.3 Å². The van der Waals surface area contributed by atoms with E-state index in [0.29, 0.717) is 11.3 Å². The lowest BCUT2D eigenvalue weighted by atomic mass is 10.0. The first-order valence-corrected chi connectivity index (χ1v) is 8.23. The Morgan fingerprint density at radius 2 is 2.08 bits per heavy atom. The van der Waals surface area contributed by atoms with E-state index in [0.717, 1.165) is 33.9 Å². The minimum absolute atomic E-state index is 0.143. The summed E-state index contributed by atoms with van der Waals surface area (Å²) in [6.45, 7) is 3.83. The standard InChI is InChI=1S/C19H18N6O/c1-11-14(5-4-6-20-11)16-7-15-17(9-21-16)24-19(26)18(15)12(2)23-13-8-22-25(3)10-13/h4-10,23H,1-3H3,(H,24,26)/b18-12-. The van der Waals surface area contributed by atoms with Gasteiger partial charge in [-0.05, 0) is 32.0 Å². The van der Waals surface area contributed by atoms with E-state index in [4.69, 9.17) is 0 Å². The van der Waals surface area contributed by atoms with Gasteiger partial charge >= 0.3 is 0 Å². The molecule has 4 heterocycles. The summed E-state index contributed by atoms with van der Waals surface area (Å²) in [4.78, 5) is 21.3. The molecule has 3 aromatic heterocycles. The second-order valence-electron chi connectivity index (χ2n) is 6.23. The average Bonchev–Trinajstić information content (AvgIpc) is 3.16. The minimum atomic E-state index is -0.143. The van der Waals surface area contributed by atoms with Crippen molar-refractivity contribution in [1.29, 1.82) is 0 Å². The number of aryl methyl sites for hydroxylation is 2. The van der Waals surface area contributed by atoms with Crippen LogP contribution in [0.15, 0.2) is 48.7 Å². The lowest BCUT2D eigenvalue weighted by Crippen LogP contribution is -2.08. The second-order valence-corrected chi connectivity index (χ2v) is 6.23. The van der Waals surface area contributed by atoms with Crippen molar-refractivity contribution in [2.24, 2.45) is 7.05 Å². The number of carbonyl (C=O) groups is 1. The van der Waals surface area contributed by atoms with E-state index < -0.39 is 0 Å². The largest absolute Gasteiger partial charge is 0.356 e. The van der Waals surface area contributed by atoms with Crippen molar-refractivity contribution in [3.63, 3.8) is 0 Å². The van der Waals surface area contributed by atoms with Crippen LogP contribution in [0.4, 0.5) is 11.4 Å². The number of carbonyl (C=O) groups excluding carboxylic acids is 1. The molecule has 0 aliphatic carbocycles. The van der Waals surface area contributed by atoms with Crippen LogP contribution in [0.1, 0.15) is 18.2 Å². The molecular weight excluding hydrogens is 328 g/mol. The Bertz CT molecular complexity index is 1050. The van der Waals surface area contributed by atoms with Crippen LogP contribution in [0, 0.1) is 6.92 Å². The van der Waals surface area contributed by atoms with E-state index in [-0.39, 0.29) is 5.91 Å². The van der Waals surface area contributed by atoms with Gasteiger partial charge in [-0.1, -0.05) is 0 Å². The van der Waals surface area contributed by atoms with Crippen LogP contribution in [-0.4, -0.2) is 25.7 Å². The molecule has 0 spiro atoms. The Labute approximate surface area is 150 Å². The van der Waals surface area contributed by atoms with Gasteiger partial charge in [-0.25, -0.2) is 0 Å². The van der Waals surface area contributed by atoms with Gasteiger partial charge in [0, 0.05) is 42.0 Å². The molecule has 7 nitrogen and oxygen atoms in total. The summed E-state index contributed by atoms with van der Waals surface area (Å²) in [6, 6.07) is 5.79. The third-order valence-electron chi connectivity index (χ3n) is 4.34. The SMILES string of the molecule is C/C(Nc1cnn(C)c1)=C1/C(=O)Nc2cnc(-c3cccnc3C)cc21. The molecule has 1 aliphatic rings. The molecule has 0 atom stereocenters. The molecule has 26 heavy (non-hydrogen) atoms. The van der Waals surface area contributed by atoms with Crippen LogP contribution in [0.5, 0.6) is 0 Å². The van der Waals surface area contributed by atoms with Crippen molar-refractivity contribution in [2.75, 3.05) is 10.6 Å². The molecule has 1 amide bonds. The molecular formula is C19H18N6O. The summed E-state index contributed by atoms with van der Waals surface area (Å²) in [6.07, 6.45) is 7.02. The Morgan fingerprint density at radius 1 is 1.23 bits per heavy atom. The number of nitrogens with zero attached hydrogens (tertiary/aromatic N) is 4. The van der Waals surface area contributed by atoms with E-state index >= 15 is 0 Å². The summed E-state index contributed by atoms with van der Waals surface area (Å²) < 4.78 is 1.70. The average molecular weight is 346 g/mol. The Balaban J connectivity index is 1.78. The van der Waals surface area contributed by atoms with Gasteiger partial charge in [0.15, 0.2) is 0 Å². The molecule has 1 aliphatic heterocycles. The lowest BCUT2D eigenvalue weighted by Gasteiger charge is -2.09. The van der Waals surface area contributed by atoms with Gasteiger partial charge in [-0.2, -0.15) is 5.10 Å². The summed E-state index contributed by atoms with van der Waals surface area (Å²) >= 11 is 0. The maximum absolute atomic E-state index is 12.5. The number of hydrogen-bond acceptors (Lipinski definition) is 5. The number of pyridine rings is 2. The van der Waals surface area contributed by atoms with Gasteiger partial charge in [-0.3, -0.25) is 19.4 Å². The quantitative estimate of drug-likeness (QED) is 0.712. The third-order valence-corrected chi connectivity index (χ3v) is 4.34. The molecule has 0 unspecified atom stereocenters. The highest BCUT2D eigenvalue weighted by Gasteiger charge is 2.27. The van der Waals surface area contributed by atoms with Crippen molar-refractivity contribution in [3.8, 4) is 11.3 Å². The highest BCUT2D eigenvalue weighted by Crippen LogP contribution is 2.36. The van der Waals surface area contributed by atoms with Crippen molar-refractivity contribution in [3.05, 3.63) is 59.9 Å². The molecule has 0 saturated carbocycles. The molecule has 2 N–H and O–H groups in total. The van der Waals surface area contributed by atoms with E-state index in [2.05, 4.69) is 25.7 Å². The summed E-state index contributed by atoms with van der Waals surface area (Å²) in [5.74, 6) is -0.143. The predicted octanol–water partition coefficient (Wildman–Crippen LogP) is 2.98. The molecule has 0 radical (unpaired) electrons. The van der Waals surface area contributed by atoms with Crippen molar-refractivity contribution in [2.45, 2.75) is 13.8 Å². The zero-order valence-corrected chi connectivity index (χ0v) is 14.7. The van der Waals surface area contributed by atoms with E-state index in [1.54, 1.807) is 23.3 Å². The van der Waals surface area contributed by atoms with Crippen LogP contribution in [0.25, 0.3) is 16.8 Å². The monoisotopic (exact) mass is 346 g/mol. The first-order valence-electron chi connectivity index (χ1n) is 8.23. The normalized spacial score (nSPS) is 14.8. The Morgan fingerprint density at radius 3 is 2.81 bits per heavy atom. The fourth-order valence-electron chi connectivity index (χ4n) is 3.11. The van der Waals surface area contributed by atoms with Crippen molar-refractivity contribution >= 4 is 22.9 Å². The fraction of sp³-hybridized carbons (Fsp3) is 0.158. The van der Waals surface area contributed by atoms with Gasteiger partial charge in [-0.15, -0.1) is 0 Å². The molecule has 0 aromatic carbocycles. The number of allylic oxidation sites excluding steroid dienone is 1. The fourth-order valence-corrected chi connectivity index (χ4v) is 3.11. The van der Waals surface area contributed by atoms with Crippen molar-refractivity contribution < 1.29 is 4.79 Å². The molecule has 4 rings (SSSR count). The number of nitrogens with one attached hydrogen (secondary N) is 2. The first-order chi connectivity index (χ1) is 12.5. The minimum Gasteiger partial charge on any atom is -0.356 e. The first kappa shape index (κ1) is 16.0. The van der Waals surface area contributed by atoms with Crippen LogP contribution in [0.2, 0.25) is 0 Å². The van der Waals surface area contributed by atoms with E-state index in [1.165, 1.54) is 0 Å². The molecule has 130 valence electrons. The molecule has 0 saturated heterocycles. The topological polar surface area (TPSA) is 84.7 Å². The van der Waals surface area contributed by atoms with Crippen LogP contribution >= 0.6 is 0 Å². The number of hydrogen-bond donors (Lipinski definition) is 2. The number of aromatic nitrogens is 4. The summed E-state index contributed by atoms with van der Waals surface area (Å²) in [5, 5.41) is 10.3. The van der Waals surface area contributed by atoms with Gasteiger partial charge in [0.05, 0.1) is 35.0 Å². The number of amides is 1. The summed E-state index contributed by atoms with van der Waals surface area (Å²) in [7, 11) is 1.85. The highest BCUT2D eigenvalue weighted by molar-refractivity contribution is 6.32. The zero-order chi connectivity index (χ0) is 18.3. The maximum atomic E-state index is 12.5.